The molecule has 176 valence electrons. The van der Waals surface area contributed by atoms with E-state index in [-0.39, 0.29) is 36.9 Å². The number of hydrogen-bond acceptors (Lipinski definition) is 5. The van der Waals surface area contributed by atoms with Crippen molar-refractivity contribution < 1.29 is 23.9 Å². The highest BCUT2D eigenvalue weighted by Gasteiger charge is 2.65. The summed E-state index contributed by atoms with van der Waals surface area (Å²) < 4.78 is 11.2. The van der Waals surface area contributed by atoms with E-state index in [1.807, 2.05) is 84.9 Å². The van der Waals surface area contributed by atoms with Gasteiger partial charge in [0, 0.05) is 11.5 Å². The number of hydrazine groups is 1. The van der Waals surface area contributed by atoms with Crippen molar-refractivity contribution in [3.8, 4) is 0 Å². The zero-order valence-electron chi connectivity index (χ0n) is 18.9. The largest absolute Gasteiger partial charge is 0.443 e. The Morgan fingerprint density at radius 3 is 1.74 bits per heavy atom. The SMILES string of the molecule is O=C1c2ccccc2[C@H]2[C@@H]1[C@H]1C[C@@H]2N(C(=O)OCc2ccccc2)N1C(=O)OCc1ccccc1. The van der Waals surface area contributed by atoms with Crippen molar-refractivity contribution in [1.82, 2.24) is 10.0 Å². The number of ether oxygens (including phenoxy) is 2. The molecule has 7 heteroatoms. The topological polar surface area (TPSA) is 76.2 Å². The number of hydrogen-bond donors (Lipinski definition) is 0. The Morgan fingerprint density at radius 1 is 0.686 bits per heavy atom. The summed E-state index contributed by atoms with van der Waals surface area (Å²) >= 11 is 0. The van der Waals surface area contributed by atoms with Gasteiger partial charge in [0.2, 0.25) is 0 Å². The van der Waals surface area contributed by atoms with Crippen LogP contribution in [-0.4, -0.2) is 40.1 Å². The summed E-state index contributed by atoms with van der Waals surface area (Å²) in [4.78, 5) is 39.9. The van der Waals surface area contributed by atoms with Crippen molar-refractivity contribution in [2.45, 2.75) is 37.6 Å². The molecule has 2 fully saturated rings. The number of benzene rings is 3. The molecule has 6 rings (SSSR count). The third-order valence-electron chi connectivity index (χ3n) is 7.23. The standard InChI is InChI=1S/C28H24N2O5/c31-26-21-14-8-7-13-20(21)24-22-15-23(25(24)26)30(28(33)35-17-19-11-5-2-6-12-19)29(22)27(32)34-16-18-9-3-1-4-10-18/h1-14,22-25H,15-17H2/t22-,23+,24+,25-/m0/s1. The molecule has 1 saturated heterocycles. The minimum atomic E-state index is -0.653. The van der Waals surface area contributed by atoms with Crippen LogP contribution in [0.3, 0.4) is 0 Å². The second kappa shape index (κ2) is 8.58. The number of Topliss-reactive ketones (excluding diaryl/α,β-unsaturated/α-hetero) is 1. The van der Waals surface area contributed by atoms with Gasteiger partial charge in [-0.1, -0.05) is 84.9 Å². The molecule has 3 aromatic rings. The Balaban J connectivity index is 1.28. The first kappa shape index (κ1) is 21.4. The normalized spacial score (nSPS) is 23.7. The molecule has 0 aromatic heterocycles. The highest BCUT2D eigenvalue weighted by atomic mass is 16.6. The van der Waals surface area contributed by atoms with E-state index in [2.05, 4.69) is 0 Å². The Kier molecular flexibility index (Phi) is 5.25. The number of nitrogens with zero attached hydrogens (tertiary/aromatic N) is 2. The van der Waals surface area contributed by atoms with Crippen molar-refractivity contribution in [2.75, 3.05) is 0 Å². The van der Waals surface area contributed by atoms with Crippen LogP contribution in [0.25, 0.3) is 0 Å². The lowest BCUT2D eigenvalue weighted by Gasteiger charge is -2.41. The van der Waals surface area contributed by atoms with Crippen LogP contribution < -0.4 is 0 Å². The van der Waals surface area contributed by atoms with Crippen LogP contribution in [0, 0.1) is 5.92 Å². The maximum atomic E-state index is 13.3. The van der Waals surface area contributed by atoms with Crippen molar-refractivity contribution in [3.05, 3.63) is 107 Å². The molecule has 3 aromatic carbocycles. The highest BCUT2D eigenvalue weighted by molar-refractivity contribution is 6.04. The Labute approximate surface area is 202 Å². The van der Waals surface area contributed by atoms with Crippen LogP contribution in [0.4, 0.5) is 9.59 Å². The molecule has 0 unspecified atom stereocenters. The Bertz CT molecular complexity index is 1280. The van der Waals surface area contributed by atoms with E-state index in [1.165, 1.54) is 10.0 Å². The molecular weight excluding hydrogens is 444 g/mol. The predicted molar refractivity (Wildman–Crippen MR) is 126 cm³/mol. The van der Waals surface area contributed by atoms with E-state index >= 15 is 0 Å². The lowest BCUT2D eigenvalue weighted by molar-refractivity contribution is -0.0583. The van der Waals surface area contributed by atoms with E-state index in [1.54, 1.807) is 0 Å². The number of ketones is 1. The van der Waals surface area contributed by atoms with Gasteiger partial charge in [0.15, 0.2) is 5.78 Å². The molecule has 4 atom stereocenters. The lowest BCUT2D eigenvalue weighted by Crippen LogP contribution is -2.58. The second-order valence-electron chi connectivity index (χ2n) is 9.14. The van der Waals surface area contributed by atoms with Gasteiger partial charge in [-0.2, -0.15) is 0 Å². The van der Waals surface area contributed by atoms with Crippen LogP contribution in [0.5, 0.6) is 0 Å². The summed E-state index contributed by atoms with van der Waals surface area (Å²) in [5.74, 6) is -0.526. The molecular formula is C28H24N2O5. The molecule has 0 radical (unpaired) electrons. The Morgan fingerprint density at radius 2 is 1.17 bits per heavy atom. The summed E-state index contributed by atoms with van der Waals surface area (Å²) in [6.45, 7) is 0.160. The van der Waals surface area contributed by atoms with Gasteiger partial charge in [-0.25, -0.2) is 19.6 Å². The second-order valence-corrected chi connectivity index (χ2v) is 9.14. The van der Waals surface area contributed by atoms with Crippen molar-refractivity contribution in [2.24, 2.45) is 5.92 Å². The summed E-state index contributed by atoms with van der Waals surface area (Å²) in [7, 11) is 0. The quantitative estimate of drug-likeness (QED) is 0.543. The van der Waals surface area contributed by atoms with Gasteiger partial charge < -0.3 is 9.47 Å². The molecule has 1 aliphatic heterocycles. The average molecular weight is 469 g/mol. The third-order valence-corrected chi connectivity index (χ3v) is 7.23. The van der Waals surface area contributed by atoms with Crippen molar-refractivity contribution in [1.29, 1.82) is 0 Å². The molecule has 0 N–H and O–H groups in total. The fraction of sp³-hybridized carbons (Fsp3) is 0.250. The van der Waals surface area contributed by atoms with E-state index < -0.39 is 18.2 Å². The number of carbonyl (C=O) groups is 3. The maximum absolute atomic E-state index is 13.3. The molecule has 2 aliphatic carbocycles. The van der Waals surface area contributed by atoms with Gasteiger partial charge in [-0.3, -0.25) is 4.79 Å². The first-order valence-electron chi connectivity index (χ1n) is 11.8. The molecule has 1 heterocycles. The average Bonchev–Trinajstić information content (AvgIpc) is 3.56. The number of carbonyl (C=O) groups excluding carboxylic acids is 3. The van der Waals surface area contributed by atoms with E-state index in [0.29, 0.717) is 12.0 Å². The van der Waals surface area contributed by atoms with Gasteiger partial charge in [0.25, 0.3) is 0 Å². The van der Waals surface area contributed by atoms with Gasteiger partial charge in [-0.05, 0) is 23.1 Å². The third kappa shape index (κ3) is 3.55. The lowest BCUT2D eigenvalue weighted by atomic mass is 9.90. The van der Waals surface area contributed by atoms with Gasteiger partial charge >= 0.3 is 12.2 Å². The van der Waals surface area contributed by atoms with E-state index in [0.717, 1.165) is 16.7 Å². The zero-order valence-corrected chi connectivity index (χ0v) is 18.9. The van der Waals surface area contributed by atoms with Crippen molar-refractivity contribution >= 4 is 18.0 Å². The van der Waals surface area contributed by atoms with E-state index in [9.17, 15) is 14.4 Å². The van der Waals surface area contributed by atoms with E-state index in [4.69, 9.17) is 9.47 Å². The fourth-order valence-corrected chi connectivity index (χ4v) is 5.79. The maximum Gasteiger partial charge on any atom is 0.429 e. The predicted octanol–water partition coefficient (Wildman–Crippen LogP) is 4.93. The molecule has 7 nitrogen and oxygen atoms in total. The zero-order chi connectivity index (χ0) is 23.9. The number of fused-ring (bicyclic) bond motifs is 7. The minimum Gasteiger partial charge on any atom is -0.443 e. The molecule has 3 aliphatic rings. The number of rotatable bonds is 4. The fourth-order valence-electron chi connectivity index (χ4n) is 5.79. The van der Waals surface area contributed by atoms with Crippen LogP contribution in [0.1, 0.15) is 39.4 Å². The van der Waals surface area contributed by atoms with Gasteiger partial charge in [-0.15, -0.1) is 0 Å². The first-order valence-corrected chi connectivity index (χ1v) is 11.8. The van der Waals surface area contributed by atoms with Crippen LogP contribution in [0.2, 0.25) is 0 Å². The molecule has 2 bridgehead atoms. The van der Waals surface area contributed by atoms with Crippen LogP contribution in [-0.2, 0) is 22.7 Å². The summed E-state index contributed by atoms with van der Waals surface area (Å²) in [5.41, 5.74) is 3.30. The molecule has 35 heavy (non-hydrogen) atoms. The Hall–Kier alpha value is -4.13. The van der Waals surface area contributed by atoms with Crippen LogP contribution in [0.15, 0.2) is 84.9 Å². The first-order chi connectivity index (χ1) is 17.1. The number of amides is 2. The summed E-state index contributed by atoms with van der Waals surface area (Å²) in [6.07, 6.45) is -0.760. The highest BCUT2D eigenvalue weighted by Crippen LogP contribution is 2.56. The van der Waals surface area contributed by atoms with Gasteiger partial charge in [0.05, 0.1) is 18.0 Å². The molecule has 0 spiro atoms. The van der Waals surface area contributed by atoms with Gasteiger partial charge in [0.1, 0.15) is 13.2 Å². The van der Waals surface area contributed by atoms with Crippen molar-refractivity contribution in [3.63, 3.8) is 0 Å². The summed E-state index contributed by atoms with van der Waals surface area (Å²) in [6, 6.07) is 25.4. The molecule has 2 amide bonds. The smallest absolute Gasteiger partial charge is 0.429 e. The summed E-state index contributed by atoms with van der Waals surface area (Å²) in [5, 5.41) is 2.71. The monoisotopic (exact) mass is 468 g/mol. The molecule has 1 saturated carbocycles. The van der Waals surface area contributed by atoms with Crippen LogP contribution >= 0.6 is 0 Å². The minimum absolute atomic E-state index is 0.0243.